The molecule has 4 aliphatic carbocycles. The molecule has 1 aromatic carbocycles. The van der Waals surface area contributed by atoms with E-state index in [0.29, 0.717) is 49.8 Å². The van der Waals surface area contributed by atoms with Gasteiger partial charge in [0.2, 0.25) is 11.8 Å². The zero-order chi connectivity index (χ0) is 31.0. The highest BCUT2D eigenvalue weighted by atomic mass is 16.6. The van der Waals surface area contributed by atoms with E-state index in [1.54, 1.807) is 0 Å². The second-order valence-corrected chi connectivity index (χ2v) is 13.3. The van der Waals surface area contributed by atoms with E-state index < -0.39 is 41.6 Å². The lowest BCUT2D eigenvalue weighted by molar-refractivity contribution is -0.133. The maximum Gasteiger partial charge on any atom is 0.408 e. The quantitative estimate of drug-likeness (QED) is 0.0894. The number of amides is 3. The van der Waals surface area contributed by atoms with Crippen molar-refractivity contribution in [2.75, 3.05) is 6.54 Å². The van der Waals surface area contributed by atoms with Gasteiger partial charge in [0, 0.05) is 13.0 Å². The Labute approximate surface area is 254 Å². The fourth-order valence-electron chi connectivity index (χ4n) is 7.54. The number of carbonyl (C=O) groups excluding carboxylic acids is 4. The van der Waals surface area contributed by atoms with Gasteiger partial charge in [-0.1, -0.05) is 44.2 Å². The number of benzene rings is 1. The smallest absolute Gasteiger partial charge is 0.408 e. The molecule has 0 radical (unpaired) electrons. The van der Waals surface area contributed by atoms with Gasteiger partial charge in [-0.05, 0) is 87.0 Å². The van der Waals surface area contributed by atoms with Crippen LogP contribution in [0.1, 0.15) is 77.2 Å². The zero-order valence-corrected chi connectivity index (χ0v) is 25.4. The van der Waals surface area contributed by atoms with Gasteiger partial charge >= 0.3 is 6.09 Å². The van der Waals surface area contributed by atoms with Crippen LogP contribution in [0.15, 0.2) is 35.3 Å². The predicted octanol–water partition coefficient (Wildman–Crippen LogP) is 2.56. The maximum atomic E-state index is 13.6. The van der Waals surface area contributed by atoms with Crippen molar-refractivity contribution < 1.29 is 23.9 Å². The molecule has 5 rings (SSSR count). The summed E-state index contributed by atoms with van der Waals surface area (Å²) in [6.07, 6.45) is 7.90. The second kappa shape index (κ2) is 14.7. The van der Waals surface area contributed by atoms with Gasteiger partial charge in [-0.2, -0.15) is 0 Å². The fraction of sp³-hybridized carbons (Fsp3) is 0.656. The van der Waals surface area contributed by atoms with Gasteiger partial charge in [-0.15, -0.1) is 0 Å². The Hall–Kier alpha value is -3.63. The molecule has 0 saturated heterocycles. The molecule has 11 heteroatoms. The summed E-state index contributed by atoms with van der Waals surface area (Å²) in [5.74, 6) is 0.956. The molecule has 0 aromatic heterocycles. The third-order valence-corrected chi connectivity index (χ3v) is 8.98. The number of aldehydes is 1. The highest BCUT2D eigenvalue weighted by Gasteiger charge is 2.53. The van der Waals surface area contributed by atoms with Crippen molar-refractivity contribution in [3.8, 4) is 0 Å². The van der Waals surface area contributed by atoms with Crippen LogP contribution in [0.4, 0.5) is 4.79 Å². The van der Waals surface area contributed by atoms with Gasteiger partial charge in [0.1, 0.15) is 24.0 Å². The Morgan fingerprint density at radius 2 is 1.56 bits per heavy atom. The number of aliphatic imine (C=N–C) groups is 1. The van der Waals surface area contributed by atoms with Crippen LogP contribution in [-0.2, 0) is 25.5 Å². The van der Waals surface area contributed by atoms with Crippen LogP contribution >= 0.6 is 0 Å². The van der Waals surface area contributed by atoms with Crippen molar-refractivity contribution in [1.29, 1.82) is 0 Å². The molecule has 3 atom stereocenters. The number of rotatable bonds is 15. The summed E-state index contributed by atoms with van der Waals surface area (Å²) in [6.45, 7) is 4.27. The molecule has 4 aliphatic rings. The predicted molar refractivity (Wildman–Crippen MR) is 164 cm³/mol. The molecule has 0 unspecified atom stereocenters. The van der Waals surface area contributed by atoms with Crippen molar-refractivity contribution in [2.24, 2.45) is 40.1 Å². The Balaban J connectivity index is 1.41. The number of nitrogens with two attached hydrogens (primary N) is 2. The lowest BCUT2D eigenvalue weighted by Gasteiger charge is -2.55. The molecular weight excluding hydrogens is 548 g/mol. The van der Waals surface area contributed by atoms with Crippen LogP contribution in [0.5, 0.6) is 0 Å². The summed E-state index contributed by atoms with van der Waals surface area (Å²) < 4.78 is 6.12. The van der Waals surface area contributed by atoms with E-state index in [9.17, 15) is 19.2 Å². The lowest BCUT2D eigenvalue weighted by Crippen LogP contribution is -2.58. The number of alkyl carbamates (subject to hydrolysis) is 1. The van der Waals surface area contributed by atoms with E-state index >= 15 is 0 Å². The van der Waals surface area contributed by atoms with Crippen LogP contribution < -0.4 is 27.4 Å². The summed E-state index contributed by atoms with van der Waals surface area (Å²) in [7, 11) is 0. The summed E-state index contributed by atoms with van der Waals surface area (Å²) in [6, 6.07) is 6.70. The van der Waals surface area contributed by atoms with Gasteiger partial charge < -0.3 is 36.9 Å². The summed E-state index contributed by atoms with van der Waals surface area (Å²) in [5.41, 5.74) is 11.1. The van der Waals surface area contributed by atoms with E-state index in [1.165, 1.54) is 19.3 Å². The first-order valence-electron chi connectivity index (χ1n) is 15.7. The van der Waals surface area contributed by atoms with E-state index in [0.717, 1.165) is 24.8 Å². The third kappa shape index (κ3) is 9.43. The van der Waals surface area contributed by atoms with Crippen molar-refractivity contribution >= 4 is 30.2 Å². The molecule has 7 N–H and O–H groups in total. The van der Waals surface area contributed by atoms with Crippen molar-refractivity contribution in [3.63, 3.8) is 0 Å². The Morgan fingerprint density at radius 3 is 2.12 bits per heavy atom. The van der Waals surface area contributed by atoms with Gasteiger partial charge in [0.15, 0.2) is 5.96 Å². The number of guanidine groups is 1. The highest BCUT2D eigenvalue weighted by molar-refractivity contribution is 5.92. The maximum absolute atomic E-state index is 13.6. The third-order valence-electron chi connectivity index (χ3n) is 8.98. The average molecular weight is 597 g/mol. The number of hydrogen-bond acceptors (Lipinski definition) is 6. The van der Waals surface area contributed by atoms with Crippen LogP contribution in [0.25, 0.3) is 0 Å². The van der Waals surface area contributed by atoms with E-state index in [-0.39, 0.29) is 18.3 Å². The highest BCUT2D eigenvalue weighted by Crippen LogP contribution is 2.57. The van der Waals surface area contributed by atoms with Gasteiger partial charge in [0.25, 0.3) is 0 Å². The topological polar surface area (TPSA) is 178 Å². The van der Waals surface area contributed by atoms with Crippen molar-refractivity contribution in [3.05, 3.63) is 35.9 Å². The molecule has 0 heterocycles. The molecule has 236 valence electrons. The van der Waals surface area contributed by atoms with Gasteiger partial charge in [-0.25, -0.2) is 4.79 Å². The first-order valence-corrected chi connectivity index (χ1v) is 15.7. The second-order valence-electron chi connectivity index (χ2n) is 13.3. The molecule has 0 aliphatic heterocycles. The minimum atomic E-state index is -0.967. The van der Waals surface area contributed by atoms with Crippen LogP contribution in [-0.4, -0.2) is 60.4 Å². The monoisotopic (exact) mass is 596 g/mol. The largest absolute Gasteiger partial charge is 0.443 e. The first-order chi connectivity index (χ1) is 20.5. The van der Waals surface area contributed by atoms with E-state index in [4.69, 9.17) is 16.2 Å². The fourth-order valence-corrected chi connectivity index (χ4v) is 7.54. The van der Waals surface area contributed by atoms with Crippen LogP contribution in [0.2, 0.25) is 0 Å². The van der Waals surface area contributed by atoms with Crippen LogP contribution in [0, 0.1) is 23.7 Å². The summed E-state index contributed by atoms with van der Waals surface area (Å²) in [4.78, 5) is 55.9. The molecular formula is C32H48N6O5. The minimum absolute atomic E-state index is 0.0382. The number of carbonyl (C=O) groups is 4. The number of ether oxygens (including phenoxy) is 1. The van der Waals surface area contributed by atoms with Gasteiger partial charge in [0.05, 0.1) is 6.04 Å². The zero-order valence-electron chi connectivity index (χ0n) is 25.4. The molecule has 4 fully saturated rings. The minimum Gasteiger partial charge on any atom is -0.443 e. The molecule has 1 aromatic rings. The lowest BCUT2D eigenvalue weighted by atomic mass is 9.54. The Morgan fingerprint density at radius 1 is 0.953 bits per heavy atom. The van der Waals surface area contributed by atoms with Crippen molar-refractivity contribution in [2.45, 2.75) is 102 Å². The number of hydrogen-bond donors (Lipinski definition) is 5. The molecule has 0 spiro atoms. The van der Waals surface area contributed by atoms with Crippen molar-refractivity contribution in [1.82, 2.24) is 16.0 Å². The van der Waals surface area contributed by atoms with Gasteiger partial charge in [-0.3, -0.25) is 14.6 Å². The average Bonchev–Trinajstić information content (AvgIpc) is 2.93. The summed E-state index contributed by atoms with van der Waals surface area (Å²) in [5, 5.41) is 8.43. The number of nitrogens with zero attached hydrogens (tertiary/aromatic N) is 1. The molecule has 43 heavy (non-hydrogen) atoms. The Kier molecular flexibility index (Phi) is 11.0. The standard InChI is InChI=1S/C32H48N6O5/c1-20(2)11-26(38-31(42)43-32-16-22-12-23(17-32)14-24(13-22)18-32)29(41)37-27(15-21-7-4-3-5-8-21)28(40)36-25(19-39)9-6-10-35-30(33)34/h3-5,7-8,19-20,22-27H,6,9-18H2,1-2H3,(H,36,40)(H,37,41)(H,38,42)(H4,33,34,35)/t22?,23?,24?,25-,26+,27-,32?/m0/s1. The van der Waals surface area contributed by atoms with E-state index in [2.05, 4.69) is 20.9 Å². The van der Waals surface area contributed by atoms with E-state index in [1.807, 2.05) is 44.2 Å². The van der Waals surface area contributed by atoms with Crippen LogP contribution in [0.3, 0.4) is 0 Å². The number of nitrogens with one attached hydrogen (secondary N) is 3. The SMILES string of the molecule is CC(C)C[C@@H](NC(=O)OC12CC3CC(CC(C3)C1)C2)C(=O)N[C@@H](Cc1ccccc1)C(=O)N[C@H](C=O)CCCN=C(N)N. The molecule has 3 amide bonds. The first kappa shape index (κ1) is 32.3. The normalized spacial score (nSPS) is 25.7. The molecule has 4 bridgehead atoms. The Bertz CT molecular complexity index is 1120. The summed E-state index contributed by atoms with van der Waals surface area (Å²) >= 11 is 0. The molecule has 4 saturated carbocycles. The molecule has 11 nitrogen and oxygen atoms in total.